The summed E-state index contributed by atoms with van der Waals surface area (Å²) in [6, 6.07) is 20.4. The Hall–Kier alpha value is -4.08. The summed E-state index contributed by atoms with van der Waals surface area (Å²) in [4.78, 5) is 13.4. The fourth-order valence-corrected chi connectivity index (χ4v) is 4.84. The number of nitrogens with zero attached hydrogens (tertiary/aromatic N) is 7. The van der Waals surface area contributed by atoms with Gasteiger partial charge in [-0.3, -0.25) is 4.90 Å². The molecule has 0 radical (unpaired) electrons. The van der Waals surface area contributed by atoms with Gasteiger partial charge in [0.25, 0.3) is 0 Å². The maximum Gasteiger partial charge on any atom is 0.225 e. The van der Waals surface area contributed by atoms with Crippen LogP contribution in [0.1, 0.15) is 11.3 Å². The van der Waals surface area contributed by atoms with Gasteiger partial charge in [0.1, 0.15) is 5.69 Å². The molecule has 188 valence electrons. The zero-order valence-corrected chi connectivity index (χ0v) is 20.7. The van der Waals surface area contributed by atoms with Crippen LogP contribution in [0.2, 0.25) is 0 Å². The van der Waals surface area contributed by atoms with Crippen molar-refractivity contribution in [3.63, 3.8) is 0 Å². The SMILES string of the molecule is c1ccc(COCc2nnc(NCCN3CCN(c4ncccn4)CC3)c3cc4ccccn4c23)cc1. The molecule has 1 aliphatic heterocycles. The van der Waals surface area contributed by atoms with Crippen molar-refractivity contribution in [2.45, 2.75) is 13.2 Å². The van der Waals surface area contributed by atoms with Crippen LogP contribution >= 0.6 is 0 Å². The number of ether oxygens (including phenoxy) is 1. The molecule has 1 fully saturated rings. The molecule has 37 heavy (non-hydrogen) atoms. The highest BCUT2D eigenvalue weighted by Crippen LogP contribution is 2.28. The standard InChI is InChI=1S/C28H30N8O/c1-2-7-22(8-3-1)20-37-21-25-26-24(19-23-9-4-5-13-36(23)26)27(33-32-25)29-12-14-34-15-17-35(18-16-34)28-30-10-6-11-31-28/h1-11,13,19H,12,14-18,20-21H2,(H,29,33). The quantitative estimate of drug-likeness (QED) is 0.333. The van der Waals surface area contributed by atoms with Crippen molar-refractivity contribution in [1.82, 2.24) is 29.5 Å². The van der Waals surface area contributed by atoms with Crippen molar-refractivity contribution >= 4 is 28.2 Å². The molecule has 0 unspecified atom stereocenters. The van der Waals surface area contributed by atoms with Crippen molar-refractivity contribution in [3.8, 4) is 0 Å². The molecule has 0 aliphatic carbocycles. The van der Waals surface area contributed by atoms with Gasteiger partial charge in [-0.1, -0.05) is 36.4 Å². The minimum absolute atomic E-state index is 0.398. The lowest BCUT2D eigenvalue weighted by atomic mass is 10.2. The van der Waals surface area contributed by atoms with Gasteiger partial charge in [-0.15, -0.1) is 10.2 Å². The van der Waals surface area contributed by atoms with E-state index in [9.17, 15) is 0 Å². The molecule has 1 saturated heterocycles. The third-order valence-electron chi connectivity index (χ3n) is 6.76. The zero-order valence-electron chi connectivity index (χ0n) is 20.7. The second-order valence-electron chi connectivity index (χ2n) is 9.18. The number of nitrogens with one attached hydrogen (secondary N) is 1. The fourth-order valence-electron chi connectivity index (χ4n) is 4.84. The third kappa shape index (κ3) is 5.23. The van der Waals surface area contributed by atoms with Crippen molar-refractivity contribution in [3.05, 3.63) is 90.5 Å². The first-order valence-electron chi connectivity index (χ1n) is 12.7. The normalized spacial score (nSPS) is 14.4. The largest absolute Gasteiger partial charge is 0.370 e. The molecule has 9 heteroatoms. The van der Waals surface area contributed by atoms with Crippen LogP contribution in [0.3, 0.4) is 0 Å². The van der Waals surface area contributed by atoms with Crippen molar-refractivity contribution in [1.29, 1.82) is 0 Å². The highest BCUT2D eigenvalue weighted by Gasteiger charge is 2.19. The lowest BCUT2D eigenvalue weighted by Gasteiger charge is -2.34. The van der Waals surface area contributed by atoms with Gasteiger partial charge in [0.15, 0.2) is 5.82 Å². The summed E-state index contributed by atoms with van der Waals surface area (Å²) in [6.45, 7) is 6.48. The van der Waals surface area contributed by atoms with Crippen LogP contribution in [-0.4, -0.2) is 68.7 Å². The summed E-state index contributed by atoms with van der Waals surface area (Å²) in [5.41, 5.74) is 4.13. The monoisotopic (exact) mass is 494 g/mol. The van der Waals surface area contributed by atoms with Crippen molar-refractivity contribution in [2.75, 3.05) is 49.5 Å². The van der Waals surface area contributed by atoms with Gasteiger partial charge >= 0.3 is 0 Å². The maximum atomic E-state index is 6.02. The van der Waals surface area contributed by atoms with Gasteiger partial charge in [0.05, 0.1) is 18.7 Å². The molecule has 0 bridgehead atoms. The van der Waals surface area contributed by atoms with E-state index < -0.39 is 0 Å². The second kappa shape index (κ2) is 10.9. The molecule has 5 aromatic rings. The third-order valence-corrected chi connectivity index (χ3v) is 6.76. The number of rotatable bonds is 9. The Morgan fingerprint density at radius 3 is 2.49 bits per heavy atom. The Bertz CT molecular complexity index is 1450. The zero-order chi connectivity index (χ0) is 24.9. The summed E-state index contributed by atoms with van der Waals surface area (Å²) in [5.74, 6) is 1.62. The molecular weight excluding hydrogens is 464 g/mol. The van der Waals surface area contributed by atoms with Gasteiger partial charge in [-0.2, -0.15) is 0 Å². The average Bonchev–Trinajstić information content (AvgIpc) is 3.36. The number of hydrogen-bond donors (Lipinski definition) is 1. The fraction of sp³-hybridized carbons (Fsp3) is 0.286. The Morgan fingerprint density at radius 1 is 0.838 bits per heavy atom. The highest BCUT2D eigenvalue weighted by atomic mass is 16.5. The molecular formula is C28H30N8O. The van der Waals surface area contributed by atoms with Crippen molar-refractivity contribution in [2.24, 2.45) is 0 Å². The van der Waals surface area contributed by atoms with E-state index in [1.54, 1.807) is 12.4 Å². The van der Waals surface area contributed by atoms with E-state index in [2.05, 4.69) is 70.1 Å². The minimum atomic E-state index is 0.398. The summed E-state index contributed by atoms with van der Waals surface area (Å²) in [5, 5.41) is 13.7. The molecule has 0 amide bonds. The second-order valence-corrected chi connectivity index (χ2v) is 9.18. The first-order valence-corrected chi connectivity index (χ1v) is 12.7. The van der Waals surface area contributed by atoms with Gasteiger partial charge in [-0.25, -0.2) is 9.97 Å². The van der Waals surface area contributed by atoms with Crippen LogP contribution in [0, 0.1) is 0 Å². The van der Waals surface area contributed by atoms with E-state index >= 15 is 0 Å². The summed E-state index contributed by atoms with van der Waals surface area (Å²) < 4.78 is 8.19. The summed E-state index contributed by atoms with van der Waals surface area (Å²) in [7, 11) is 0. The van der Waals surface area contributed by atoms with E-state index in [1.807, 2.05) is 36.4 Å². The first kappa shape index (κ1) is 23.3. The smallest absolute Gasteiger partial charge is 0.225 e. The van der Waals surface area contributed by atoms with Crippen LogP contribution in [0.4, 0.5) is 11.8 Å². The predicted octanol–water partition coefficient (Wildman–Crippen LogP) is 3.62. The Morgan fingerprint density at radius 2 is 1.65 bits per heavy atom. The number of anilines is 2. The number of benzene rings is 1. The Kier molecular flexibility index (Phi) is 6.87. The Balaban J connectivity index is 1.12. The average molecular weight is 495 g/mol. The van der Waals surface area contributed by atoms with Crippen LogP contribution in [0.5, 0.6) is 0 Å². The van der Waals surface area contributed by atoms with E-state index in [4.69, 9.17) is 4.74 Å². The molecule has 9 nitrogen and oxygen atoms in total. The van der Waals surface area contributed by atoms with Gasteiger partial charge < -0.3 is 19.4 Å². The van der Waals surface area contributed by atoms with E-state index in [-0.39, 0.29) is 0 Å². The van der Waals surface area contributed by atoms with Gasteiger partial charge in [0.2, 0.25) is 5.95 Å². The number of aromatic nitrogens is 5. The highest BCUT2D eigenvalue weighted by molar-refractivity contribution is 5.96. The molecule has 5 heterocycles. The van der Waals surface area contributed by atoms with E-state index in [0.29, 0.717) is 13.2 Å². The van der Waals surface area contributed by atoms with Crippen LogP contribution < -0.4 is 10.2 Å². The minimum Gasteiger partial charge on any atom is -0.370 e. The van der Waals surface area contributed by atoms with E-state index in [0.717, 1.165) is 78.7 Å². The number of piperazine rings is 1. The van der Waals surface area contributed by atoms with Gasteiger partial charge in [-0.05, 0) is 29.8 Å². The number of fused-ring (bicyclic) bond motifs is 3. The van der Waals surface area contributed by atoms with Crippen LogP contribution in [0.25, 0.3) is 16.4 Å². The molecule has 0 atom stereocenters. The molecule has 0 spiro atoms. The molecule has 0 saturated carbocycles. The maximum absolute atomic E-state index is 6.02. The van der Waals surface area contributed by atoms with E-state index in [1.165, 1.54) is 0 Å². The lowest BCUT2D eigenvalue weighted by molar-refractivity contribution is 0.105. The molecule has 1 aromatic carbocycles. The first-order chi connectivity index (χ1) is 18.3. The molecule has 4 aromatic heterocycles. The van der Waals surface area contributed by atoms with Crippen LogP contribution in [-0.2, 0) is 18.0 Å². The lowest BCUT2D eigenvalue weighted by Crippen LogP contribution is -2.48. The number of hydrogen-bond acceptors (Lipinski definition) is 8. The topological polar surface area (TPSA) is 83.7 Å². The number of pyridine rings is 1. The molecule has 6 rings (SSSR count). The molecule has 1 N–H and O–H groups in total. The summed E-state index contributed by atoms with van der Waals surface area (Å²) in [6.07, 6.45) is 5.67. The van der Waals surface area contributed by atoms with Crippen LogP contribution in [0.15, 0.2) is 79.3 Å². The summed E-state index contributed by atoms with van der Waals surface area (Å²) >= 11 is 0. The Labute approximate surface area is 215 Å². The van der Waals surface area contributed by atoms with Crippen molar-refractivity contribution < 1.29 is 4.74 Å². The molecule has 1 aliphatic rings. The van der Waals surface area contributed by atoms with Gasteiger partial charge in [0, 0.05) is 68.8 Å². The predicted molar refractivity (Wildman–Crippen MR) is 145 cm³/mol.